The highest BCUT2D eigenvalue weighted by atomic mass is 35.5. The Bertz CT molecular complexity index is 801. The number of hydrogen-bond acceptors (Lipinski definition) is 5. The molecule has 2 heterocycles. The summed E-state index contributed by atoms with van der Waals surface area (Å²) in [5.74, 6) is 0.831. The van der Waals surface area contributed by atoms with Crippen LogP contribution < -0.4 is 0 Å². The van der Waals surface area contributed by atoms with Gasteiger partial charge < -0.3 is 10.0 Å². The molecule has 1 fully saturated rings. The average Bonchev–Trinajstić information content (AvgIpc) is 3.22. The van der Waals surface area contributed by atoms with Gasteiger partial charge in [0.15, 0.2) is 9.63 Å². The van der Waals surface area contributed by atoms with Gasteiger partial charge in [-0.15, -0.1) is 11.3 Å². The molecule has 1 aromatic heterocycles. The zero-order chi connectivity index (χ0) is 17.1. The van der Waals surface area contributed by atoms with E-state index in [0.29, 0.717) is 15.7 Å². The molecule has 0 radical (unpaired) electrons. The van der Waals surface area contributed by atoms with E-state index in [2.05, 4.69) is 16.6 Å². The minimum absolute atomic E-state index is 0.0462. The molecule has 7 heteroatoms. The Morgan fingerprint density at radius 1 is 1.46 bits per heavy atom. The lowest BCUT2D eigenvalue weighted by molar-refractivity contribution is 0.447. The molecule has 1 N–H and O–H groups in total. The maximum atomic E-state index is 9.80. The van der Waals surface area contributed by atoms with Gasteiger partial charge in [0.1, 0.15) is 0 Å². The number of hydrogen-bond donors (Lipinski definition) is 1. The second-order valence-corrected chi connectivity index (χ2v) is 7.71. The van der Waals surface area contributed by atoms with Crippen molar-refractivity contribution in [2.24, 2.45) is 4.99 Å². The largest absolute Gasteiger partial charge is 0.515 e. The van der Waals surface area contributed by atoms with Crippen LogP contribution in [0.25, 0.3) is 5.57 Å². The summed E-state index contributed by atoms with van der Waals surface area (Å²) >= 11 is 9.11. The Balaban J connectivity index is 1.98. The fourth-order valence-corrected chi connectivity index (χ4v) is 4.89. The van der Waals surface area contributed by atoms with E-state index in [-0.39, 0.29) is 6.04 Å². The highest BCUT2D eigenvalue weighted by Crippen LogP contribution is 2.43. The molecule has 1 aromatic carbocycles. The topological polar surface area (TPSA) is 48.7 Å². The minimum Gasteiger partial charge on any atom is -0.515 e. The maximum Gasteiger partial charge on any atom is 0.183 e. The van der Waals surface area contributed by atoms with Crippen LogP contribution in [0.15, 0.2) is 60.1 Å². The summed E-state index contributed by atoms with van der Waals surface area (Å²) < 4.78 is 0.517. The quantitative estimate of drug-likeness (QED) is 0.602. The van der Waals surface area contributed by atoms with Gasteiger partial charge in [-0.1, -0.05) is 60.3 Å². The number of amidine groups is 1. The highest BCUT2D eigenvalue weighted by molar-refractivity contribution is 8.14. The van der Waals surface area contributed by atoms with E-state index in [4.69, 9.17) is 11.6 Å². The molecule has 3 rings (SSSR count). The minimum atomic E-state index is 0.0462. The van der Waals surface area contributed by atoms with Crippen molar-refractivity contribution in [2.45, 2.75) is 6.04 Å². The molecule has 1 saturated heterocycles. The van der Waals surface area contributed by atoms with Gasteiger partial charge in [0.25, 0.3) is 0 Å². The highest BCUT2D eigenvalue weighted by Gasteiger charge is 2.35. The number of aromatic nitrogens is 1. The summed E-state index contributed by atoms with van der Waals surface area (Å²) in [5.41, 5.74) is 2.27. The lowest BCUT2D eigenvalue weighted by Gasteiger charge is -2.28. The van der Waals surface area contributed by atoms with E-state index in [1.54, 1.807) is 25.0 Å². The van der Waals surface area contributed by atoms with Crippen molar-refractivity contribution in [3.05, 3.63) is 70.0 Å². The normalized spacial score (nSPS) is 19.9. The number of benzene rings is 1. The molecule has 4 nitrogen and oxygen atoms in total. The Morgan fingerprint density at radius 3 is 2.79 bits per heavy atom. The number of allylic oxidation sites excluding steroid dienone is 1. The van der Waals surface area contributed by atoms with E-state index in [1.807, 2.05) is 35.2 Å². The van der Waals surface area contributed by atoms with Crippen molar-refractivity contribution in [1.29, 1.82) is 0 Å². The molecule has 2 aromatic rings. The fraction of sp³-hybridized carbons (Fsp3) is 0.176. The van der Waals surface area contributed by atoms with Crippen molar-refractivity contribution in [2.75, 3.05) is 12.8 Å². The molecule has 1 aliphatic heterocycles. The van der Waals surface area contributed by atoms with Gasteiger partial charge in [0.2, 0.25) is 0 Å². The Labute approximate surface area is 154 Å². The van der Waals surface area contributed by atoms with Crippen molar-refractivity contribution < 1.29 is 5.11 Å². The van der Waals surface area contributed by atoms with Crippen molar-refractivity contribution in [3.8, 4) is 0 Å². The van der Waals surface area contributed by atoms with Crippen LogP contribution in [-0.2, 0) is 0 Å². The standard InChI is InChI=1S/C17H16ClN3OS2/c1-11(13(9-22)12-6-4-3-5-7-12)21-14(10-23-17(21)19-2)15-8-20-16(18)24-15/h3-9,14,22H,1,10H2,2H3/b13-9-,19-17-/t14-/m1/s1. The van der Waals surface area contributed by atoms with Crippen LogP contribution in [0.5, 0.6) is 0 Å². The molecule has 0 aliphatic carbocycles. The number of aliphatic hydroxyl groups excluding tert-OH is 1. The first-order valence-electron chi connectivity index (χ1n) is 7.24. The van der Waals surface area contributed by atoms with E-state index >= 15 is 0 Å². The molecule has 0 saturated carbocycles. The van der Waals surface area contributed by atoms with E-state index in [0.717, 1.165) is 27.6 Å². The Kier molecular flexibility index (Phi) is 5.28. The number of rotatable bonds is 4. The number of thioether (sulfide) groups is 1. The van der Waals surface area contributed by atoms with Crippen LogP contribution >= 0.6 is 34.7 Å². The van der Waals surface area contributed by atoms with Crippen LogP contribution in [-0.4, -0.2) is 33.0 Å². The zero-order valence-corrected chi connectivity index (χ0v) is 15.4. The second-order valence-electron chi connectivity index (χ2n) is 5.07. The zero-order valence-electron chi connectivity index (χ0n) is 13.0. The monoisotopic (exact) mass is 377 g/mol. The lowest BCUT2D eigenvalue weighted by atomic mass is 10.0. The summed E-state index contributed by atoms with van der Waals surface area (Å²) in [6.07, 6.45) is 2.90. The summed E-state index contributed by atoms with van der Waals surface area (Å²) in [6, 6.07) is 9.73. The Morgan fingerprint density at radius 2 is 2.21 bits per heavy atom. The summed E-state index contributed by atoms with van der Waals surface area (Å²) in [4.78, 5) is 11.6. The van der Waals surface area contributed by atoms with Gasteiger partial charge in [-0.3, -0.25) is 4.99 Å². The van der Waals surface area contributed by atoms with E-state index in [1.165, 1.54) is 11.3 Å². The number of aliphatic hydroxyl groups is 1. The summed E-state index contributed by atoms with van der Waals surface area (Å²) in [6.45, 7) is 4.22. The second kappa shape index (κ2) is 7.42. The molecule has 24 heavy (non-hydrogen) atoms. The molecule has 1 aliphatic rings. The number of aliphatic imine (C=N–C) groups is 1. The van der Waals surface area contributed by atoms with Crippen LogP contribution in [0, 0.1) is 0 Å². The number of nitrogens with zero attached hydrogens (tertiary/aromatic N) is 3. The van der Waals surface area contributed by atoms with Gasteiger partial charge in [-0.25, -0.2) is 4.98 Å². The number of thiazole rings is 1. The van der Waals surface area contributed by atoms with E-state index in [9.17, 15) is 5.11 Å². The van der Waals surface area contributed by atoms with Gasteiger partial charge in [-0.05, 0) is 5.56 Å². The summed E-state index contributed by atoms with van der Waals surface area (Å²) in [5, 5.41) is 10.7. The number of halogens is 1. The first-order chi connectivity index (χ1) is 11.7. The molecule has 0 spiro atoms. The van der Waals surface area contributed by atoms with Crippen LogP contribution in [0.3, 0.4) is 0 Å². The predicted octanol–water partition coefficient (Wildman–Crippen LogP) is 4.99. The molecule has 0 bridgehead atoms. The van der Waals surface area contributed by atoms with Crippen LogP contribution in [0.1, 0.15) is 16.5 Å². The molecule has 0 amide bonds. The molecule has 1 atom stereocenters. The molecular weight excluding hydrogens is 362 g/mol. The van der Waals surface area contributed by atoms with Crippen LogP contribution in [0.2, 0.25) is 4.47 Å². The third-order valence-electron chi connectivity index (χ3n) is 3.72. The average molecular weight is 378 g/mol. The van der Waals surface area contributed by atoms with E-state index < -0.39 is 0 Å². The molecule has 124 valence electrons. The van der Waals surface area contributed by atoms with Crippen molar-refractivity contribution >= 4 is 45.4 Å². The maximum absolute atomic E-state index is 9.80. The van der Waals surface area contributed by atoms with Gasteiger partial charge in [0.05, 0.1) is 12.3 Å². The van der Waals surface area contributed by atoms with Crippen LogP contribution in [0.4, 0.5) is 0 Å². The Hall–Kier alpha value is -1.76. The van der Waals surface area contributed by atoms with Gasteiger partial charge in [-0.2, -0.15) is 0 Å². The first-order valence-corrected chi connectivity index (χ1v) is 9.42. The third kappa shape index (κ3) is 3.22. The van der Waals surface area contributed by atoms with Crippen molar-refractivity contribution in [3.63, 3.8) is 0 Å². The van der Waals surface area contributed by atoms with Crippen molar-refractivity contribution in [1.82, 2.24) is 9.88 Å². The smallest absolute Gasteiger partial charge is 0.183 e. The SMILES string of the molecule is C=C(/C(=C/O)c1ccccc1)N1/C(=N/C)SC[C@@H]1c1cnc(Cl)s1. The summed E-state index contributed by atoms with van der Waals surface area (Å²) in [7, 11) is 1.76. The lowest BCUT2D eigenvalue weighted by Crippen LogP contribution is -2.27. The first kappa shape index (κ1) is 17.1. The molecular formula is C17H16ClN3OS2. The fourth-order valence-electron chi connectivity index (χ4n) is 2.60. The van der Waals surface area contributed by atoms with Gasteiger partial charge in [0, 0.05) is 35.1 Å². The van der Waals surface area contributed by atoms with Gasteiger partial charge >= 0.3 is 0 Å². The predicted molar refractivity (Wildman–Crippen MR) is 104 cm³/mol. The third-order valence-corrected chi connectivity index (χ3v) is 6.05. The molecule has 0 unspecified atom stereocenters.